The number of carboxylic acids is 1. The van der Waals surface area contributed by atoms with Crippen LogP contribution in [0.25, 0.3) is 0 Å². The lowest BCUT2D eigenvalue weighted by molar-refractivity contribution is -0.141. The van der Waals surface area contributed by atoms with Crippen LogP contribution in [0.15, 0.2) is 24.3 Å². The number of carbonyl (C=O) groups is 2. The van der Waals surface area contributed by atoms with E-state index in [2.05, 4.69) is 0 Å². The number of carboxylic acid groups (broad SMARTS) is 1. The minimum absolute atomic E-state index is 0.0630. The molecule has 114 valence electrons. The molecule has 0 bridgehead atoms. The van der Waals surface area contributed by atoms with Gasteiger partial charge in [0, 0.05) is 24.2 Å². The average molecular weight is 290 g/mol. The molecule has 1 heterocycles. The van der Waals surface area contributed by atoms with E-state index in [-0.39, 0.29) is 12.5 Å². The number of fused-ring (bicyclic) bond motifs is 1. The number of hydrogen-bond acceptors (Lipinski definition) is 3. The Labute approximate surface area is 124 Å². The van der Waals surface area contributed by atoms with Crippen LogP contribution in [-0.2, 0) is 16.0 Å². The molecule has 0 saturated heterocycles. The minimum Gasteiger partial charge on any atom is -0.481 e. The summed E-state index contributed by atoms with van der Waals surface area (Å²) >= 11 is 0. The second-order valence-electron chi connectivity index (χ2n) is 6.36. The normalized spacial score (nSPS) is 18.2. The quantitative estimate of drug-likeness (QED) is 0.885. The van der Waals surface area contributed by atoms with Crippen molar-refractivity contribution < 1.29 is 14.7 Å². The zero-order valence-electron chi connectivity index (χ0n) is 12.5. The first-order valence-electron chi connectivity index (χ1n) is 7.18. The Kier molecular flexibility index (Phi) is 4.32. The highest BCUT2D eigenvalue weighted by atomic mass is 16.4. The molecule has 0 fully saturated rings. The van der Waals surface area contributed by atoms with Crippen molar-refractivity contribution in [2.75, 3.05) is 11.4 Å². The van der Waals surface area contributed by atoms with Gasteiger partial charge in [0.15, 0.2) is 0 Å². The Morgan fingerprint density at radius 3 is 2.67 bits per heavy atom. The zero-order chi connectivity index (χ0) is 15.6. The van der Waals surface area contributed by atoms with Gasteiger partial charge in [0.1, 0.15) is 0 Å². The van der Waals surface area contributed by atoms with Gasteiger partial charge in [0.2, 0.25) is 5.91 Å². The van der Waals surface area contributed by atoms with Crippen LogP contribution in [0, 0.1) is 5.92 Å². The van der Waals surface area contributed by atoms with Gasteiger partial charge in [-0.3, -0.25) is 9.59 Å². The number of amides is 1. The van der Waals surface area contributed by atoms with E-state index in [1.807, 2.05) is 38.1 Å². The Balaban J connectivity index is 2.21. The average Bonchev–Trinajstić information content (AvgIpc) is 2.42. The van der Waals surface area contributed by atoms with Crippen LogP contribution < -0.4 is 10.6 Å². The molecule has 2 rings (SSSR count). The highest BCUT2D eigenvalue weighted by molar-refractivity contribution is 5.95. The number of hydrogen-bond donors (Lipinski definition) is 2. The summed E-state index contributed by atoms with van der Waals surface area (Å²) in [4.78, 5) is 25.3. The van der Waals surface area contributed by atoms with Crippen molar-refractivity contribution in [3.05, 3.63) is 29.8 Å². The van der Waals surface area contributed by atoms with Crippen molar-refractivity contribution in [3.63, 3.8) is 0 Å². The van der Waals surface area contributed by atoms with Crippen LogP contribution in [0.5, 0.6) is 0 Å². The van der Waals surface area contributed by atoms with E-state index < -0.39 is 17.4 Å². The molecule has 1 aromatic rings. The molecule has 5 heteroatoms. The van der Waals surface area contributed by atoms with Crippen LogP contribution in [-0.4, -0.2) is 29.1 Å². The molecule has 0 saturated carbocycles. The summed E-state index contributed by atoms with van der Waals surface area (Å²) in [6.45, 7) is 3.99. The van der Waals surface area contributed by atoms with Gasteiger partial charge >= 0.3 is 5.97 Å². The van der Waals surface area contributed by atoms with E-state index in [0.29, 0.717) is 19.3 Å². The summed E-state index contributed by atoms with van der Waals surface area (Å²) in [5.74, 6) is -1.47. The van der Waals surface area contributed by atoms with Gasteiger partial charge in [0.05, 0.1) is 5.92 Å². The van der Waals surface area contributed by atoms with Crippen molar-refractivity contribution >= 4 is 17.6 Å². The molecule has 3 N–H and O–H groups in total. The highest BCUT2D eigenvalue weighted by Gasteiger charge is 2.32. The maximum atomic E-state index is 12.5. The molecular weight excluding hydrogens is 268 g/mol. The minimum atomic E-state index is -0.860. The standard InChI is InChI=1S/C16H22N2O3/c1-16(2,17)8-7-14(19)18-10-12(15(20)21)9-11-5-3-4-6-13(11)18/h3-6,12H,7-10,17H2,1-2H3,(H,20,21). The van der Waals surface area contributed by atoms with E-state index in [1.165, 1.54) is 0 Å². The fraction of sp³-hybridized carbons (Fsp3) is 0.500. The third-order valence-corrected chi connectivity index (χ3v) is 3.79. The molecule has 1 unspecified atom stereocenters. The van der Waals surface area contributed by atoms with Crippen molar-refractivity contribution in [3.8, 4) is 0 Å². The van der Waals surface area contributed by atoms with Gasteiger partial charge in [-0.2, -0.15) is 0 Å². The fourth-order valence-corrected chi connectivity index (χ4v) is 2.56. The van der Waals surface area contributed by atoms with Crippen molar-refractivity contribution in [2.45, 2.75) is 38.6 Å². The summed E-state index contributed by atoms with van der Waals surface area (Å²) in [6.07, 6.45) is 1.37. The smallest absolute Gasteiger partial charge is 0.308 e. The number of benzene rings is 1. The number of nitrogens with zero attached hydrogens (tertiary/aromatic N) is 1. The maximum Gasteiger partial charge on any atom is 0.308 e. The van der Waals surface area contributed by atoms with Crippen LogP contribution in [0.1, 0.15) is 32.3 Å². The molecule has 1 aliphatic heterocycles. The first kappa shape index (κ1) is 15.5. The molecule has 0 spiro atoms. The lowest BCUT2D eigenvalue weighted by Crippen LogP contribution is -2.43. The lowest BCUT2D eigenvalue weighted by Gasteiger charge is -2.33. The number of carbonyl (C=O) groups excluding carboxylic acids is 1. The molecule has 21 heavy (non-hydrogen) atoms. The predicted molar refractivity (Wildman–Crippen MR) is 81.1 cm³/mol. The summed E-state index contributed by atoms with van der Waals surface area (Å²) in [5.41, 5.74) is 7.25. The molecule has 5 nitrogen and oxygen atoms in total. The van der Waals surface area contributed by atoms with Gasteiger partial charge in [-0.05, 0) is 38.3 Å². The SMILES string of the molecule is CC(C)(N)CCC(=O)N1CC(C(=O)O)Cc2ccccc21. The van der Waals surface area contributed by atoms with Crippen LogP contribution in [0.2, 0.25) is 0 Å². The number of anilines is 1. The van der Waals surface area contributed by atoms with Crippen LogP contribution in [0.4, 0.5) is 5.69 Å². The largest absolute Gasteiger partial charge is 0.481 e. The van der Waals surface area contributed by atoms with Gasteiger partial charge in [-0.1, -0.05) is 18.2 Å². The van der Waals surface area contributed by atoms with Gasteiger partial charge in [0.25, 0.3) is 0 Å². The Morgan fingerprint density at radius 2 is 2.05 bits per heavy atom. The highest BCUT2D eigenvalue weighted by Crippen LogP contribution is 2.30. The van der Waals surface area contributed by atoms with E-state index in [0.717, 1.165) is 11.3 Å². The molecule has 1 aliphatic rings. The van der Waals surface area contributed by atoms with E-state index >= 15 is 0 Å². The van der Waals surface area contributed by atoms with E-state index in [1.54, 1.807) is 4.90 Å². The second kappa shape index (κ2) is 5.85. The van der Waals surface area contributed by atoms with Crippen molar-refractivity contribution in [2.24, 2.45) is 11.7 Å². The third kappa shape index (κ3) is 3.82. The van der Waals surface area contributed by atoms with Gasteiger partial charge in [-0.25, -0.2) is 0 Å². The number of aliphatic carboxylic acids is 1. The van der Waals surface area contributed by atoms with Gasteiger partial charge < -0.3 is 15.7 Å². The Bertz CT molecular complexity index is 549. The molecular formula is C16H22N2O3. The number of rotatable bonds is 4. The van der Waals surface area contributed by atoms with Gasteiger partial charge in [-0.15, -0.1) is 0 Å². The van der Waals surface area contributed by atoms with Crippen LogP contribution in [0.3, 0.4) is 0 Å². The Morgan fingerprint density at radius 1 is 1.38 bits per heavy atom. The first-order valence-corrected chi connectivity index (χ1v) is 7.18. The third-order valence-electron chi connectivity index (χ3n) is 3.79. The number of nitrogens with two attached hydrogens (primary N) is 1. The molecule has 1 amide bonds. The van der Waals surface area contributed by atoms with E-state index in [9.17, 15) is 14.7 Å². The first-order chi connectivity index (χ1) is 9.78. The summed E-state index contributed by atoms with van der Waals surface area (Å²) < 4.78 is 0. The molecule has 0 radical (unpaired) electrons. The second-order valence-corrected chi connectivity index (χ2v) is 6.36. The summed E-state index contributed by atoms with van der Waals surface area (Å²) in [6, 6.07) is 7.50. The number of para-hydroxylation sites is 1. The fourth-order valence-electron chi connectivity index (χ4n) is 2.56. The molecule has 0 aromatic heterocycles. The molecule has 1 atom stereocenters. The zero-order valence-corrected chi connectivity index (χ0v) is 12.5. The molecule has 0 aliphatic carbocycles. The summed E-state index contributed by atoms with van der Waals surface area (Å²) in [7, 11) is 0. The topological polar surface area (TPSA) is 83.6 Å². The summed E-state index contributed by atoms with van der Waals surface area (Å²) in [5, 5.41) is 9.26. The lowest BCUT2D eigenvalue weighted by atomic mass is 9.91. The van der Waals surface area contributed by atoms with Crippen LogP contribution >= 0.6 is 0 Å². The van der Waals surface area contributed by atoms with Crippen molar-refractivity contribution in [1.82, 2.24) is 0 Å². The molecule has 1 aromatic carbocycles. The van der Waals surface area contributed by atoms with Crippen molar-refractivity contribution in [1.29, 1.82) is 0 Å². The van der Waals surface area contributed by atoms with E-state index in [4.69, 9.17) is 5.73 Å². The monoisotopic (exact) mass is 290 g/mol. The Hall–Kier alpha value is -1.88. The maximum absolute atomic E-state index is 12.5. The predicted octanol–water partition coefficient (Wildman–Crippen LogP) is 1.79.